The zero-order valence-electron chi connectivity index (χ0n) is 23.0. The number of pyridine rings is 1. The first kappa shape index (κ1) is 28.0. The van der Waals surface area contributed by atoms with Crippen LogP contribution in [0.25, 0.3) is 11.1 Å². The van der Waals surface area contributed by atoms with Gasteiger partial charge in [-0.25, -0.2) is 9.97 Å². The molecule has 12 nitrogen and oxygen atoms in total. The summed E-state index contributed by atoms with van der Waals surface area (Å²) in [6.45, 7) is 3.17. The molecule has 0 saturated heterocycles. The number of anilines is 3. The number of benzene rings is 1. The Morgan fingerprint density at radius 1 is 1.10 bits per heavy atom. The number of nitrogens with one attached hydrogen (secondary N) is 1. The summed E-state index contributed by atoms with van der Waals surface area (Å²) in [4.78, 5) is 31.3. The van der Waals surface area contributed by atoms with E-state index in [1.165, 1.54) is 4.90 Å². The van der Waals surface area contributed by atoms with E-state index in [4.69, 9.17) is 18.9 Å². The van der Waals surface area contributed by atoms with Gasteiger partial charge in [0.1, 0.15) is 25.8 Å². The van der Waals surface area contributed by atoms with Crippen molar-refractivity contribution in [3.63, 3.8) is 0 Å². The van der Waals surface area contributed by atoms with Crippen molar-refractivity contribution < 1.29 is 23.7 Å². The molecule has 12 heteroatoms. The Bertz CT molecular complexity index is 1250. The number of carbonyl (C=O) groups is 1. The second kappa shape index (κ2) is 13.2. The van der Waals surface area contributed by atoms with Crippen LogP contribution in [0.15, 0.2) is 42.7 Å². The van der Waals surface area contributed by atoms with Crippen LogP contribution >= 0.6 is 0 Å². The van der Waals surface area contributed by atoms with Gasteiger partial charge in [0.15, 0.2) is 0 Å². The van der Waals surface area contributed by atoms with Gasteiger partial charge in [-0.2, -0.15) is 4.98 Å². The van der Waals surface area contributed by atoms with E-state index >= 15 is 0 Å². The molecule has 1 N–H and O–H groups in total. The van der Waals surface area contributed by atoms with Crippen LogP contribution in [0.3, 0.4) is 0 Å². The largest absolute Gasteiger partial charge is 0.480 e. The van der Waals surface area contributed by atoms with E-state index in [2.05, 4.69) is 25.2 Å². The Morgan fingerprint density at radius 3 is 2.62 bits per heavy atom. The van der Waals surface area contributed by atoms with Gasteiger partial charge in [0.2, 0.25) is 17.7 Å². The van der Waals surface area contributed by atoms with Crippen molar-refractivity contribution >= 4 is 23.2 Å². The van der Waals surface area contributed by atoms with Gasteiger partial charge in [-0.1, -0.05) is 12.1 Å². The highest BCUT2D eigenvalue weighted by Crippen LogP contribution is 2.33. The number of fused-ring (bicyclic) bond motifs is 1. The molecule has 1 aliphatic heterocycles. The van der Waals surface area contributed by atoms with E-state index in [0.29, 0.717) is 61.0 Å². The maximum Gasteiger partial charge on any atom is 0.253 e. The number of rotatable bonds is 12. The van der Waals surface area contributed by atoms with Crippen LogP contribution in [-0.2, 0) is 9.47 Å². The molecule has 208 valence electrons. The van der Waals surface area contributed by atoms with Gasteiger partial charge < -0.3 is 39.0 Å². The maximum atomic E-state index is 12.2. The number of methoxy groups -OCH3 is 1. The molecule has 2 aromatic heterocycles. The molecule has 0 atom stereocenters. The van der Waals surface area contributed by atoms with Crippen molar-refractivity contribution in [3.05, 3.63) is 48.3 Å². The quantitative estimate of drug-likeness (QED) is 0.272. The van der Waals surface area contributed by atoms with Crippen LogP contribution < -0.4 is 19.7 Å². The highest BCUT2D eigenvalue weighted by atomic mass is 16.7. The molecule has 1 amide bonds. The van der Waals surface area contributed by atoms with Crippen molar-refractivity contribution in [2.45, 2.75) is 0 Å². The van der Waals surface area contributed by atoms with E-state index in [-0.39, 0.29) is 12.7 Å². The molecule has 0 bridgehead atoms. The molecular weight excluding hydrogens is 502 g/mol. The normalized spacial score (nSPS) is 12.6. The molecule has 0 aliphatic carbocycles. The third kappa shape index (κ3) is 7.31. The number of carbonyl (C=O) groups excluding carboxylic acids is 1. The predicted molar refractivity (Wildman–Crippen MR) is 148 cm³/mol. The lowest BCUT2D eigenvalue weighted by atomic mass is 10.1. The van der Waals surface area contributed by atoms with Gasteiger partial charge in [0, 0.05) is 32.4 Å². The SMILES string of the molecule is COc1nc(Nc2cnc3c(c2)N(COCOCCN(C)C)CCO3)ncc1-c1ccc(C(=O)N(C)C)cc1. The van der Waals surface area contributed by atoms with Crippen LogP contribution in [0.5, 0.6) is 11.8 Å². The first-order chi connectivity index (χ1) is 18.9. The lowest BCUT2D eigenvalue weighted by Crippen LogP contribution is -2.35. The second-order valence-electron chi connectivity index (χ2n) is 9.34. The fourth-order valence-corrected chi connectivity index (χ4v) is 3.83. The highest BCUT2D eigenvalue weighted by molar-refractivity contribution is 5.94. The summed E-state index contributed by atoms with van der Waals surface area (Å²) in [5.41, 5.74) is 3.63. The Balaban J connectivity index is 1.43. The number of hydrogen-bond acceptors (Lipinski definition) is 11. The van der Waals surface area contributed by atoms with Crippen molar-refractivity contribution in [1.29, 1.82) is 0 Å². The predicted octanol–water partition coefficient (Wildman–Crippen LogP) is 2.70. The summed E-state index contributed by atoms with van der Waals surface area (Å²) in [7, 11) is 8.99. The molecule has 3 heterocycles. The van der Waals surface area contributed by atoms with Crippen LogP contribution in [0.1, 0.15) is 10.4 Å². The third-order valence-electron chi connectivity index (χ3n) is 5.92. The Hall–Kier alpha value is -4.00. The van der Waals surface area contributed by atoms with Crippen molar-refractivity contribution in [2.24, 2.45) is 0 Å². The van der Waals surface area contributed by atoms with Crippen LogP contribution in [0.4, 0.5) is 17.3 Å². The van der Waals surface area contributed by atoms with Crippen LogP contribution in [0.2, 0.25) is 0 Å². The average Bonchev–Trinajstić information content (AvgIpc) is 2.94. The molecule has 0 saturated carbocycles. The van der Waals surface area contributed by atoms with E-state index < -0.39 is 0 Å². The zero-order valence-corrected chi connectivity index (χ0v) is 23.0. The van der Waals surface area contributed by atoms with E-state index in [1.54, 1.807) is 45.7 Å². The Morgan fingerprint density at radius 2 is 1.90 bits per heavy atom. The molecule has 0 fully saturated rings. The lowest BCUT2D eigenvalue weighted by Gasteiger charge is -2.30. The van der Waals surface area contributed by atoms with Gasteiger partial charge >= 0.3 is 0 Å². The lowest BCUT2D eigenvalue weighted by molar-refractivity contribution is -0.0567. The maximum absolute atomic E-state index is 12.2. The van der Waals surface area contributed by atoms with Gasteiger partial charge in [0.05, 0.1) is 37.7 Å². The molecule has 39 heavy (non-hydrogen) atoms. The van der Waals surface area contributed by atoms with Gasteiger partial charge in [0.25, 0.3) is 5.91 Å². The van der Waals surface area contributed by atoms with Crippen molar-refractivity contribution in [3.8, 4) is 22.9 Å². The Labute approximate surface area is 228 Å². The smallest absolute Gasteiger partial charge is 0.253 e. The van der Waals surface area contributed by atoms with Gasteiger partial charge in [-0.05, 0) is 37.9 Å². The Kier molecular flexibility index (Phi) is 9.47. The third-order valence-corrected chi connectivity index (χ3v) is 5.92. The standard InChI is InChI=1S/C27H35N7O5/c1-32(2)10-12-37-18-38-17-34-11-13-39-25-23(34)14-21(15-28-25)30-27-29-16-22(24(31-27)36-5)19-6-8-20(9-7-19)26(35)33(3)4/h6-9,14-16H,10-13,17-18H2,1-5H3,(H,29,30,31). The van der Waals surface area contributed by atoms with Crippen molar-refractivity contribution in [1.82, 2.24) is 24.8 Å². The molecule has 1 aliphatic rings. The summed E-state index contributed by atoms with van der Waals surface area (Å²) in [5.74, 6) is 1.23. The number of likely N-dealkylation sites (N-methyl/N-ethyl adjacent to an activating group) is 1. The van der Waals surface area contributed by atoms with E-state index in [0.717, 1.165) is 17.8 Å². The minimum absolute atomic E-state index is 0.0631. The summed E-state index contributed by atoms with van der Waals surface area (Å²) >= 11 is 0. The fraction of sp³-hybridized carbons (Fsp3) is 0.407. The van der Waals surface area contributed by atoms with Gasteiger partial charge in [-0.3, -0.25) is 4.79 Å². The number of nitrogens with zero attached hydrogens (tertiary/aromatic N) is 6. The molecule has 0 unspecified atom stereocenters. The van der Waals surface area contributed by atoms with Crippen molar-refractivity contribution in [2.75, 3.05) is 85.3 Å². The van der Waals surface area contributed by atoms with E-state index in [1.807, 2.05) is 37.2 Å². The molecule has 0 radical (unpaired) electrons. The molecule has 3 aromatic rings. The van der Waals surface area contributed by atoms with Gasteiger partial charge in [-0.15, -0.1) is 0 Å². The first-order valence-corrected chi connectivity index (χ1v) is 12.5. The molecule has 1 aromatic carbocycles. The summed E-state index contributed by atoms with van der Waals surface area (Å²) in [6, 6.07) is 9.16. The molecule has 0 spiro atoms. The summed E-state index contributed by atoms with van der Waals surface area (Å²) in [6.07, 6.45) is 3.35. The molecular formula is C27H35N7O5. The fourth-order valence-electron chi connectivity index (χ4n) is 3.83. The minimum Gasteiger partial charge on any atom is -0.480 e. The molecule has 4 rings (SSSR count). The first-order valence-electron chi connectivity index (χ1n) is 12.5. The monoisotopic (exact) mass is 537 g/mol. The number of aromatic nitrogens is 3. The summed E-state index contributed by atoms with van der Waals surface area (Å²) in [5, 5.41) is 3.19. The number of hydrogen-bond donors (Lipinski definition) is 1. The second-order valence-corrected chi connectivity index (χ2v) is 9.34. The highest BCUT2D eigenvalue weighted by Gasteiger charge is 2.21. The zero-order chi connectivity index (χ0) is 27.8. The average molecular weight is 538 g/mol. The minimum atomic E-state index is -0.0631. The topological polar surface area (TPSA) is 114 Å². The van der Waals surface area contributed by atoms with Crippen LogP contribution in [-0.4, -0.2) is 106 Å². The number of ether oxygens (including phenoxy) is 4. The van der Waals surface area contributed by atoms with Crippen LogP contribution in [0, 0.1) is 0 Å². The summed E-state index contributed by atoms with van der Waals surface area (Å²) < 4.78 is 22.5. The number of amides is 1. The van der Waals surface area contributed by atoms with E-state index in [9.17, 15) is 4.79 Å².